The van der Waals surface area contributed by atoms with Crippen molar-refractivity contribution in [1.29, 1.82) is 0 Å². The van der Waals surface area contributed by atoms with E-state index < -0.39 is 8.07 Å². The van der Waals surface area contributed by atoms with Crippen LogP contribution in [-0.4, -0.2) is 14.0 Å². The first kappa shape index (κ1) is 13.4. The molecule has 0 amide bonds. The predicted octanol–water partition coefficient (Wildman–Crippen LogP) is 3.76. The van der Waals surface area contributed by atoms with Crippen LogP contribution in [0.15, 0.2) is 16.8 Å². The minimum Gasteiger partial charge on any atom is -0.234 e. The van der Waals surface area contributed by atoms with Gasteiger partial charge >= 0.3 is 0 Å². The largest absolute Gasteiger partial charge is 0.234 e. The van der Waals surface area contributed by atoms with Gasteiger partial charge in [0.1, 0.15) is 14.0 Å². The lowest BCUT2D eigenvalue weighted by atomic mass is 10.3. The van der Waals surface area contributed by atoms with Crippen molar-refractivity contribution in [2.45, 2.75) is 52.8 Å². The van der Waals surface area contributed by atoms with Crippen LogP contribution in [0.4, 0.5) is 0 Å². The van der Waals surface area contributed by atoms with Gasteiger partial charge in [-0.05, 0) is 19.4 Å². The maximum atomic E-state index is 11.1. The third-order valence-corrected chi connectivity index (χ3v) is 9.11. The summed E-state index contributed by atoms with van der Waals surface area (Å²) in [5.74, 6) is 2.21. The van der Waals surface area contributed by atoms with Crippen LogP contribution in [0.2, 0.25) is 18.1 Å². The summed E-state index contributed by atoms with van der Waals surface area (Å²) in [6, 6.07) is 3.45. The van der Waals surface area contributed by atoms with Gasteiger partial charge in [0.05, 0.1) is 0 Å². The molecular formula is C12H22OSi. The Hall–Kier alpha value is -0.593. The molecule has 0 saturated heterocycles. The third-order valence-electron chi connectivity index (χ3n) is 3.49. The maximum absolute atomic E-state index is 11.1. The van der Waals surface area contributed by atoms with Gasteiger partial charge in [-0.15, -0.1) is 0 Å². The van der Waals surface area contributed by atoms with Gasteiger partial charge in [-0.3, -0.25) is 0 Å². The summed E-state index contributed by atoms with van der Waals surface area (Å²) in [6.07, 6.45) is 2.03. The fourth-order valence-electron chi connectivity index (χ4n) is 2.03. The van der Waals surface area contributed by atoms with Crippen LogP contribution in [0, 0.1) is 0 Å². The highest BCUT2D eigenvalue weighted by Gasteiger charge is 2.33. The second kappa shape index (κ2) is 6.00. The average molecular weight is 210 g/mol. The molecule has 0 radical (unpaired) electrons. The number of hydrogen-bond acceptors (Lipinski definition) is 1. The van der Waals surface area contributed by atoms with E-state index in [1.807, 2.05) is 19.9 Å². The van der Waals surface area contributed by atoms with E-state index >= 15 is 0 Å². The van der Waals surface area contributed by atoms with Gasteiger partial charge in [-0.1, -0.05) is 45.0 Å². The molecular weight excluding hydrogens is 188 g/mol. The first-order valence-electron chi connectivity index (χ1n) is 5.50. The normalized spacial score (nSPS) is 12.5. The first-order chi connectivity index (χ1) is 6.61. The highest BCUT2D eigenvalue weighted by molar-refractivity contribution is 6.88. The molecule has 0 N–H and O–H groups in total. The quantitative estimate of drug-likeness (QED) is 0.383. The van der Waals surface area contributed by atoms with Crippen LogP contribution < -0.4 is 0 Å². The minimum atomic E-state index is -1.51. The lowest BCUT2D eigenvalue weighted by Gasteiger charge is -2.29. The van der Waals surface area contributed by atoms with Gasteiger partial charge in [0.15, 0.2) is 0 Å². The zero-order valence-corrected chi connectivity index (χ0v) is 11.1. The molecule has 0 saturated carbocycles. The summed E-state index contributed by atoms with van der Waals surface area (Å²) in [6.45, 7) is 10.6. The molecule has 0 aromatic carbocycles. The third kappa shape index (κ3) is 2.46. The number of carbonyl (C=O) groups excluding carboxylic acids is 1. The van der Waals surface area contributed by atoms with E-state index in [1.165, 1.54) is 0 Å². The molecule has 0 rings (SSSR count). The Morgan fingerprint density at radius 3 is 1.86 bits per heavy atom. The first-order valence-corrected chi connectivity index (χ1v) is 8.12. The molecule has 0 fully saturated rings. The number of allylic oxidation sites excluding steroid dienone is 3. The molecule has 0 aromatic heterocycles. The van der Waals surface area contributed by atoms with Gasteiger partial charge in [0.25, 0.3) is 0 Å². The lowest BCUT2D eigenvalue weighted by Crippen LogP contribution is -2.35. The molecule has 0 unspecified atom stereocenters. The molecule has 14 heavy (non-hydrogen) atoms. The van der Waals surface area contributed by atoms with Gasteiger partial charge < -0.3 is 0 Å². The molecule has 0 bridgehead atoms. The smallest absolute Gasteiger partial charge is 0.123 e. The van der Waals surface area contributed by atoms with E-state index in [0.717, 1.165) is 28.9 Å². The van der Waals surface area contributed by atoms with Gasteiger partial charge in [-0.2, -0.15) is 0 Å². The zero-order valence-electron chi connectivity index (χ0n) is 10.1. The van der Waals surface area contributed by atoms with Crippen molar-refractivity contribution in [2.75, 3.05) is 0 Å². The Kier molecular flexibility index (Phi) is 5.74. The van der Waals surface area contributed by atoms with Crippen LogP contribution >= 0.6 is 0 Å². The van der Waals surface area contributed by atoms with Crippen molar-refractivity contribution in [3.63, 3.8) is 0 Å². The summed E-state index contributed by atoms with van der Waals surface area (Å²) in [7, 11) is -1.51. The monoisotopic (exact) mass is 210 g/mol. The summed E-state index contributed by atoms with van der Waals surface area (Å²) in [5, 5.41) is 1.01. The Labute approximate surface area is 88.9 Å². The Morgan fingerprint density at radius 1 is 1.21 bits per heavy atom. The number of hydrogen-bond donors (Lipinski definition) is 0. The summed E-state index contributed by atoms with van der Waals surface area (Å²) in [5.41, 5.74) is 1.14. The molecule has 0 atom stereocenters. The molecule has 0 spiro atoms. The van der Waals surface area contributed by atoms with E-state index in [9.17, 15) is 4.79 Å². The fraction of sp³-hybridized carbons (Fsp3) is 0.667. The van der Waals surface area contributed by atoms with E-state index in [4.69, 9.17) is 0 Å². The summed E-state index contributed by atoms with van der Waals surface area (Å²) in [4.78, 5) is 11.1. The fourth-order valence-corrected chi connectivity index (χ4v) is 5.79. The SMILES string of the molecule is CC=C(C)C(=C=O)[Si](CC)(CC)CC. The van der Waals surface area contributed by atoms with E-state index in [0.29, 0.717) is 0 Å². The zero-order chi connectivity index (χ0) is 11.2. The molecule has 0 heterocycles. The summed E-state index contributed by atoms with van der Waals surface area (Å²) >= 11 is 0. The molecule has 0 aliphatic rings. The molecule has 1 nitrogen and oxygen atoms in total. The van der Waals surface area contributed by atoms with Crippen LogP contribution in [0.3, 0.4) is 0 Å². The second-order valence-electron chi connectivity index (χ2n) is 3.79. The summed E-state index contributed by atoms with van der Waals surface area (Å²) < 4.78 is 0. The maximum Gasteiger partial charge on any atom is 0.123 e. The Balaban J connectivity index is 5.28. The van der Waals surface area contributed by atoms with Crippen LogP contribution in [0.25, 0.3) is 0 Å². The van der Waals surface area contributed by atoms with Crippen molar-refractivity contribution >= 4 is 14.0 Å². The van der Waals surface area contributed by atoms with Gasteiger partial charge in [0, 0.05) is 5.20 Å². The molecule has 0 aliphatic carbocycles. The highest BCUT2D eigenvalue weighted by Crippen LogP contribution is 2.31. The highest BCUT2D eigenvalue weighted by atomic mass is 28.3. The topological polar surface area (TPSA) is 17.1 Å². The second-order valence-corrected chi connectivity index (χ2v) is 8.97. The van der Waals surface area contributed by atoms with Crippen LogP contribution in [0.5, 0.6) is 0 Å². The van der Waals surface area contributed by atoms with Crippen molar-refractivity contribution in [3.05, 3.63) is 16.8 Å². The molecule has 0 aromatic rings. The van der Waals surface area contributed by atoms with Crippen molar-refractivity contribution in [1.82, 2.24) is 0 Å². The van der Waals surface area contributed by atoms with E-state index in [2.05, 4.69) is 26.7 Å². The predicted molar refractivity (Wildman–Crippen MR) is 65.8 cm³/mol. The standard InChI is InChI=1S/C12H22OSi/c1-6-11(5)12(10-13)14(7-2,8-3)9-4/h6H,7-9H2,1-5H3. The average Bonchev–Trinajstić information content (AvgIpc) is 2.25. The minimum absolute atomic E-state index is 1.01. The Morgan fingerprint density at radius 2 is 1.64 bits per heavy atom. The van der Waals surface area contributed by atoms with Crippen molar-refractivity contribution in [3.8, 4) is 0 Å². The van der Waals surface area contributed by atoms with Gasteiger partial charge in [0.2, 0.25) is 0 Å². The van der Waals surface area contributed by atoms with E-state index in [-0.39, 0.29) is 0 Å². The molecule has 2 heteroatoms. The lowest BCUT2D eigenvalue weighted by molar-refractivity contribution is 0.568. The van der Waals surface area contributed by atoms with E-state index in [1.54, 1.807) is 0 Å². The van der Waals surface area contributed by atoms with Crippen molar-refractivity contribution < 1.29 is 4.79 Å². The number of rotatable bonds is 5. The molecule has 80 valence electrons. The van der Waals surface area contributed by atoms with Crippen LogP contribution in [-0.2, 0) is 4.79 Å². The Bertz CT molecular complexity index is 247. The molecule has 0 aliphatic heterocycles. The van der Waals surface area contributed by atoms with Gasteiger partial charge in [-0.25, -0.2) is 4.79 Å². The van der Waals surface area contributed by atoms with Crippen molar-refractivity contribution in [2.24, 2.45) is 0 Å². The van der Waals surface area contributed by atoms with Crippen LogP contribution in [0.1, 0.15) is 34.6 Å².